The highest BCUT2D eigenvalue weighted by molar-refractivity contribution is 6.30. The Morgan fingerprint density at radius 1 is 1.07 bits per heavy atom. The first-order chi connectivity index (χ1) is 13.1. The number of carbonyl (C=O) groups is 1. The molecule has 138 valence electrons. The average molecular weight is 381 g/mol. The van der Waals surface area contributed by atoms with Crippen molar-refractivity contribution in [3.63, 3.8) is 0 Å². The van der Waals surface area contributed by atoms with Crippen molar-refractivity contribution in [1.82, 2.24) is 19.4 Å². The first kappa shape index (κ1) is 19.0. The van der Waals surface area contributed by atoms with Gasteiger partial charge in [-0.3, -0.25) is 14.2 Å². The van der Waals surface area contributed by atoms with Gasteiger partial charge in [0, 0.05) is 53.8 Å². The van der Waals surface area contributed by atoms with E-state index >= 15 is 0 Å². The molecule has 0 radical (unpaired) electrons. The Labute approximate surface area is 163 Å². The number of hydrogen-bond acceptors (Lipinski definition) is 4. The Morgan fingerprint density at radius 3 is 2.56 bits per heavy atom. The van der Waals surface area contributed by atoms with Gasteiger partial charge in [-0.25, -0.2) is 9.97 Å². The molecule has 5 nitrogen and oxygen atoms in total. The van der Waals surface area contributed by atoms with Crippen LogP contribution < -0.4 is 0 Å². The van der Waals surface area contributed by atoms with Gasteiger partial charge in [-0.2, -0.15) is 0 Å². The molecule has 0 unspecified atom stereocenters. The molecule has 0 bridgehead atoms. The largest absolute Gasteiger partial charge is 0.299 e. The van der Waals surface area contributed by atoms with E-state index in [0.717, 1.165) is 33.2 Å². The maximum Gasteiger partial charge on any atom is 0.180 e. The summed E-state index contributed by atoms with van der Waals surface area (Å²) in [6.07, 6.45) is 7.59. The van der Waals surface area contributed by atoms with Crippen LogP contribution in [0.3, 0.4) is 0 Å². The van der Waals surface area contributed by atoms with Gasteiger partial charge in [0.1, 0.15) is 16.5 Å². The Hall–Kier alpha value is -2.79. The summed E-state index contributed by atoms with van der Waals surface area (Å²) in [5, 5.41) is 1.40. The molecule has 4 aromatic heterocycles. The highest BCUT2D eigenvalue weighted by Gasteiger charge is 2.14. The van der Waals surface area contributed by atoms with Crippen molar-refractivity contribution in [2.24, 2.45) is 0 Å². The van der Waals surface area contributed by atoms with Gasteiger partial charge < -0.3 is 0 Å². The molecule has 0 N–H and O–H groups in total. The summed E-state index contributed by atoms with van der Waals surface area (Å²) in [5.41, 5.74) is 5.13. The van der Waals surface area contributed by atoms with Crippen molar-refractivity contribution in [2.45, 2.75) is 34.1 Å². The van der Waals surface area contributed by atoms with Gasteiger partial charge in [0.2, 0.25) is 0 Å². The molecule has 0 saturated carbocycles. The van der Waals surface area contributed by atoms with Gasteiger partial charge in [0.15, 0.2) is 5.78 Å². The second kappa shape index (κ2) is 7.84. The lowest BCUT2D eigenvalue weighted by Crippen LogP contribution is -2.02. The third-order valence-corrected chi connectivity index (χ3v) is 4.53. The summed E-state index contributed by atoms with van der Waals surface area (Å²) in [4.78, 5) is 24.9. The smallest absolute Gasteiger partial charge is 0.180 e. The lowest BCUT2D eigenvalue weighted by molar-refractivity contribution is 0.0983. The normalized spacial score (nSPS) is 10.7. The standard InChI is InChI=1S/C19H15ClN4O.C2H6/c1-3-17(25)15-6-11(2)14(10-22-15)13-7-12-9-23-18(20)8-16(12)24-5-4-21-19(13)24;1-2/h4-10H,3H2,1-2H3;1-2H3. The summed E-state index contributed by atoms with van der Waals surface area (Å²) in [6, 6.07) is 5.70. The number of nitrogens with zero attached hydrogens (tertiary/aromatic N) is 4. The molecule has 0 saturated heterocycles. The highest BCUT2D eigenvalue weighted by atomic mass is 35.5. The van der Waals surface area contributed by atoms with Crippen LogP contribution in [-0.4, -0.2) is 25.1 Å². The number of halogens is 1. The molecule has 4 rings (SSSR count). The van der Waals surface area contributed by atoms with Crippen LogP contribution >= 0.6 is 11.6 Å². The number of carbonyl (C=O) groups excluding carboxylic acids is 1. The van der Waals surface area contributed by atoms with E-state index in [4.69, 9.17) is 11.6 Å². The summed E-state index contributed by atoms with van der Waals surface area (Å²) >= 11 is 6.04. The van der Waals surface area contributed by atoms with E-state index in [1.54, 1.807) is 18.6 Å². The summed E-state index contributed by atoms with van der Waals surface area (Å²) < 4.78 is 1.99. The first-order valence-electron chi connectivity index (χ1n) is 9.00. The molecular weight excluding hydrogens is 360 g/mol. The molecule has 0 spiro atoms. The number of imidazole rings is 1. The number of rotatable bonds is 3. The molecule has 0 aromatic carbocycles. The molecule has 0 atom stereocenters. The second-order valence-corrected chi connectivity index (χ2v) is 6.29. The van der Waals surface area contributed by atoms with Gasteiger partial charge in [0.05, 0.1) is 5.52 Å². The minimum Gasteiger partial charge on any atom is -0.299 e. The third kappa shape index (κ3) is 3.43. The van der Waals surface area contributed by atoms with Crippen LogP contribution in [0.5, 0.6) is 0 Å². The van der Waals surface area contributed by atoms with Crippen LogP contribution in [0.15, 0.2) is 43.0 Å². The molecule has 0 amide bonds. The SMILES string of the molecule is CC.CCC(=O)c1cc(C)c(-c2cc3cnc(Cl)cc3n3ccnc23)cn1. The van der Waals surface area contributed by atoms with Gasteiger partial charge >= 0.3 is 0 Å². The molecule has 4 aromatic rings. The number of hydrogen-bond donors (Lipinski definition) is 0. The van der Waals surface area contributed by atoms with Crippen LogP contribution in [0.4, 0.5) is 0 Å². The number of fused-ring (bicyclic) bond motifs is 3. The summed E-state index contributed by atoms with van der Waals surface area (Å²) in [5.74, 6) is 0.0398. The van der Waals surface area contributed by atoms with E-state index in [1.165, 1.54) is 0 Å². The van der Waals surface area contributed by atoms with Crippen molar-refractivity contribution in [3.8, 4) is 11.1 Å². The van der Waals surface area contributed by atoms with E-state index in [-0.39, 0.29) is 5.78 Å². The van der Waals surface area contributed by atoms with Gasteiger partial charge in [0.25, 0.3) is 0 Å². The number of aryl methyl sites for hydroxylation is 1. The third-order valence-electron chi connectivity index (χ3n) is 4.33. The fraction of sp³-hybridized carbons (Fsp3) is 0.238. The molecule has 4 heterocycles. The van der Waals surface area contributed by atoms with Crippen LogP contribution in [0.2, 0.25) is 5.15 Å². The number of aromatic nitrogens is 4. The Bertz CT molecular complexity index is 1130. The van der Waals surface area contributed by atoms with Crippen molar-refractivity contribution < 1.29 is 4.79 Å². The van der Waals surface area contributed by atoms with Gasteiger partial charge in [-0.05, 0) is 24.6 Å². The van der Waals surface area contributed by atoms with Crippen molar-refractivity contribution >= 4 is 33.9 Å². The maximum absolute atomic E-state index is 11.9. The zero-order valence-corrected chi connectivity index (χ0v) is 16.6. The Morgan fingerprint density at radius 2 is 1.85 bits per heavy atom. The zero-order valence-electron chi connectivity index (χ0n) is 15.8. The predicted octanol–water partition coefficient (Wildman–Crippen LogP) is 5.53. The topological polar surface area (TPSA) is 60.2 Å². The maximum atomic E-state index is 11.9. The quantitative estimate of drug-likeness (QED) is 0.346. The molecule has 0 aliphatic rings. The van der Waals surface area contributed by atoms with E-state index < -0.39 is 0 Å². The van der Waals surface area contributed by atoms with E-state index in [0.29, 0.717) is 17.3 Å². The first-order valence-corrected chi connectivity index (χ1v) is 9.38. The molecule has 0 aliphatic heterocycles. The monoisotopic (exact) mass is 380 g/mol. The van der Waals surface area contributed by atoms with Crippen LogP contribution in [0, 0.1) is 6.92 Å². The number of Topliss-reactive ketones (excluding diaryl/α,β-unsaturated/α-hetero) is 1. The Kier molecular flexibility index (Phi) is 5.51. The Balaban J connectivity index is 0.00000102. The molecule has 0 aliphatic carbocycles. The van der Waals surface area contributed by atoms with Gasteiger partial charge in [-0.15, -0.1) is 0 Å². The fourth-order valence-electron chi connectivity index (χ4n) is 3.04. The van der Waals surface area contributed by atoms with E-state index in [1.807, 2.05) is 56.5 Å². The highest BCUT2D eigenvalue weighted by Crippen LogP contribution is 2.31. The summed E-state index contributed by atoms with van der Waals surface area (Å²) in [6.45, 7) is 7.82. The van der Waals surface area contributed by atoms with Crippen molar-refractivity contribution in [2.75, 3.05) is 0 Å². The van der Waals surface area contributed by atoms with E-state index in [9.17, 15) is 4.79 Å². The van der Waals surface area contributed by atoms with E-state index in [2.05, 4.69) is 15.0 Å². The van der Waals surface area contributed by atoms with Crippen molar-refractivity contribution in [3.05, 3.63) is 59.4 Å². The van der Waals surface area contributed by atoms with Gasteiger partial charge in [-0.1, -0.05) is 32.4 Å². The molecule has 6 heteroatoms. The average Bonchev–Trinajstić information content (AvgIpc) is 3.19. The van der Waals surface area contributed by atoms with Crippen LogP contribution in [0.25, 0.3) is 27.7 Å². The lowest BCUT2D eigenvalue weighted by atomic mass is 10.0. The fourth-order valence-corrected chi connectivity index (χ4v) is 3.19. The van der Waals surface area contributed by atoms with Crippen LogP contribution in [-0.2, 0) is 0 Å². The predicted molar refractivity (Wildman–Crippen MR) is 109 cm³/mol. The van der Waals surface area contributed by atoms with Crippen LogP contribution in [0.1, 0.15) is 43.2 Å². The molecule has 27 heavy (non-hydrogen) atoms. The number of pyridine rings is 3. The minimum atomic E-state index is 0.0398. The zero-order chi connectivity index (χ0) is 19.6. The number of ketones is 1. The minimum absolute atomic E-state index is 0.0398. The second-order valence-electron chi connectivity index (χ2n) is 5.91. The lowest BCUT2D eigenvalue weighted by Gasteiger charge is -2.11. The van der Waals surface area contributed by atoms with Crippen molar-refractivity contribution in [1.29, 1.82) is 0 Å². The summed E-state index contributed by atoms with van der Waals surface area (Å²) in [7, 11) is 0. The molecule has 0 fully saturated rings. The molecular formula is C21H21ClN4O.